The zero-order valence-corrected chi connectivity index (χ0v) is 9.93. The Morgan fingerprint density at radius 3 is 2.59 bits per heavy atom. The van der Waals surface area contributed by atoms with Crippen LogP contribution in [-0.4, -0.2) is 34.3 Å². The van der Waals surface area contributed by atoms with Gasteiger partial charge in [0.2, 0.25) is 0 Å². The molecule has 1 N–H and O–H groups in total. The number of aromatic carboxylic acids is 1. The second-order valence-electron chi connectivity index (χ2n) is 3.96. The summed E-state index contributed by atoms with van der Waals surface area (Å²) in [5.74, 6) is -0.455. The van der Waals surface area contributed by atoms with Gasteiger partial charge in [0.25, 0.3) is 0 Å². The van der Waals surface area contributed by atoms with Crippen molar-refractivity contribution in [3.8, 4) is 0 Å². The molecule has 6 heteroatoms. The number of carboxylic acid groups (broad SMARTS) is 1. The van der Waals surface area contributed by atoms with Crippen molar-refractivity contribution in [3.63, 3.8) is 0 Å². The molecule has 0 saturated carbocycles. The second-order valence-corrected chi connectivity index (χ2v) is 3.96. The van der Waals surface area contributed by atoms with Gasteiger partial charge in [-0.05, 0) is 25.2 Å². The summed E-state index contributed by atoms with van der Waals surface area (Å²) in [4.78, 5) is 18.5. The van der Waals surface area contributed by atoms with Gasteiger partial charge in [-0.25, -0.2) is 9.78 Å². The molecule has 86 valence electrons. The summed E-state index contributed by atoms with van der Waals surface area (Å²) in [7, 11) is 0. The first-order valence-electron chi connectivity index (χ1n) is 5.37. The molecule has 0 unspecified atom stereocenters. The Hall–Kier alpha value is -0.893. The molecule has 1 aliphatic heterocycles. The van der Waals surface area contributed by atoms with Crippen LogP contribution in [0.2, 0.25) is 0 Å². The number of rotatable bonds is 3. The van der Waals surface area contributed by atoms with E-state index in [9.17, 15) is 4.79 Å². The van der Waals surface area contributed by atoms with Gasteiger partial charge in [-0.1, -0.05) is 0 Å². The van der Waals surface area contributed by atoms with E-state index in [0.717, 1.165) is 38.2 Å². The predicted molar refractivity (Wildman–Crippen MR) is 56.2 cm³/mol. The van der Waals surface area contributed by atoms with Crippen molar-refractivity contribution in [2.45, 2.75) is 19.3 Å². The first-order valence-corrected chi connectivity index (χ1v) is 5.37. The summed E-state index contributed by atoms with van der Waals surface area (Å²) in [5, 5.41) is 8.68. The number of hydrogen-bond acceptors (Lipinski definition) is 4. The molecule has 0 radical (unpaired) electrons. The fourth-order valence-electron chi connectivity index (χ4n) is 1.82. The Morgan fingerprint density at radius 1 is 1.35 bits per heavy atom. The molecule has 0 spiro atoms. The van der Waals surface area contributed by atoms with Crippen LogP contribution in [-0.2, 0) is 11.2 Å². The van der Waals surface area contributed by atoms with Crippen LogP contribution in [0.15, 0.2) is 12.4 Å². The smallest absolute Gasteiger partial charge is 0.476 e. The normalized spacial score (nSPS) is 16.2. The van der Waals surface area contributed by atoms with Gasteiger partial charge in [0.15, 0.2) is 5.69 Å². The molecule has 5 nitrogen and oxygen atoms in total. The Bertz CT molecular complexity index is 363. The third kappa shape index (κ3) is 4.12. The zero-order valence-electron chi connectivity index (χ0n) is 9.93. The molecule has 1 fully saturated rings. The maximum atomic E-state index is 10.6. The molecule has 1 aromatic heterocycles. The fourth-order valence-corrected chi connectivity index (χ4v) is 1.82. The molecule has 0 amide bonds. The maximum Gasteiger partial charge on any atom is 1.00 e. The van der Waals surface area contributed by atoms with Crippen molar-refractivity contribution in [2.75, 3.05) is 13.2 Å². The molecule has 1 saturated heterocycles. The molecule has 0 atom stereocenters. The van der Waals surface area contributed by atoms with E-state index in [1.54, 1.807) is 6.20 Å². The number of nitrogens with zero attached hydrogens (tertiary/aromatic N) is 2. The molecule has 2 heterocycles. The topological polar surface area (TPSA) is 72.3 Å². The van der Waals surface area contributed by atoms with Gasteiger partial charge in [-0.15, -0.1) is 0 Å². The van der Waals surface area contributed by atoms with Crippen LogP contribution in [0.4, 0.5) is 0 Å². The standard InChI is InChI=1S/C11H14N2O3.Li/c14-11(15)10-7-12-9(6-13-10)5-8-1-3-16-4-2-8;/h6-8H,1-5H2,(H,14,15);/q;+1. The zero-order chi connectivity index (χ0) is 11.4. The maximum absolute atomic E-state index is 10.6. The predicted octanol–water partition coefficient (Wildman–Crippen LogP) is -1.85. The van der Waals surface area contributed by atoms with E-state index in [1.165, 1.54) is 6.20 Å². The SMILES string of the molecule is O=C(O)c1cnc(CC2CCOCC2)cn1.[Li+]. The first-order chi connectivity index (χ1) is 7.75. The minimum absolute atomic E-state index is 0. The van der Waals surface area contributed by atoms with Crippen molar-refractivity contribution in [1.82, 2.24) is 9.97 Å². The molecule has 0 aromatic carbocycles. The number of ether oxygens (including phenoxy) is 1. The molecular weight excluding hydrogens is 215 g/mol. The minimum atomic E-state index is -1.04. The Labute approximate surface area is 112 Å². The molecule has 17 heavy (non-hydrogen) atoms. The molecule has 0 aliphatic carbocycles. The number of carbonyl (C=O) groups is 1. The summed E-state index contributed by atoms with van der Waals surface area (Å²) in [5.41, 5.74) is 0.854. The van der Waals surface area contributed by atoms with Gasteiger partial charge in [-0.3, -0.25) is 4.98 Å². The number of hydrogen-bond donors (Lipinski definition) is 1. The number of aromatic nitrogens is 2. The summed E-state index contributed by atoms with van der Waals surface area (Å²) < 4.78 is 5.27. The summed E-state index contributed by atoms with van der Waals surface area (Å²) in [6.07, 6.45) is 5.82. The molecule has 1 aliphatic rings. The van der Waals surface area contributed by atoms with Crippen LogP contribution in [0.25, 0.3) is 0 Å². The van der Waals surface area contributed by atoms with Crippen molar-refractivity contribution in [3.05, 3.63) is 23.8 Å². The van der Waals surface area contributed by atoms with Gasteiger partial charge in [0, 0.05) is 19.4 Å². The van der Waals surface area contributed by atoms with Crippen LogP contribution in [0.1, 0.15) is 29.0 Å². The average molecular weight is 229 g/mol. The monoisotopic (exact) mass is 229 g/mol. The van der Waals surface area contributed by atoms with Crippen molar-refractivity contribution in [1.29, 1.82) is 0 Å². The molecule has 0 bridgehead atoms. The van der Waals surface area contributed by atoms with E-state index in [2.05, 4.69) is 9.97 Å². The van der Waals surface area contributed by atoms with Crippen molar-refractivity contribution in [2.24, 2.45) is 5.92 Å². The average Bonchev–Trinajstić information content (AvgIpc) is 2.31. The van der Waals surface area contributed by atoms with E-state index in [0.29, 0.717) is 5.92 Å². The fraction of sp³-hybridized carbons (Fsp3) is 0.545. The third-order valence-corrected chi connectivity index (χ3v) is 2.76. The van der Waals surface area contributed by atoms with E-state index in [1.807, 2.05) is 0 Å². The quantitative estimate of drug-likeness (QED) is 0.616. The van der Waals surface area contributed by atoms with Crippen LogP contribution in [0, 0.1) is 5.92 Å². The van der Waals surface area contributed by atoms with E-state index >= 15 is 0 Å². The summed E-state index contributed by atoms with van der Waals surface area (Å²) in [6.45, 7) is 1.62. The van der Waals surface area contributed by atoms with Crippen LogP contribution in [0.3, 0.4) is 0 Å². The first kappa shape index (κ1) is 14.2. The number of carboxylic acids is 1. The van der Waals surface area contributed by atoms with Crippen molar-refractivity contribution >= 4 is 5.97 Å². The largest absolute Gasteiger partial charge is 1.00 e. The van der Waals surface area contributed by atoms with Gasteiger partial charge in [-0.2, -0.15) is 0 Å². The second kappa shape index (κ2) is 6.75. The van der Waals surface area contributed by atoms with Gasteiger partial charge in [0.1, 0.15) is 0 Å². The Balaban J connectivity index is 0.00000144. The van der Waals surface area contributed by atoms with Gasteiger partial charge in [0.05, 0.1) is 11.9 Å². The molecular formula is C11H14LiN2O3+. The molecule has 1 aromatic rings. The van der Waals surface area contributed by atoms with Crippen LogP contribution < -0.4 is 18.9 Å². The van der Waals surface area contributed by atoms with Gasteiger partial charge >= 0.3 is 24.8 Å². The van der Waals surface area contributed by atoms with E-state index in [-0.39, 0.29) is 24.6 Å². The molecule has 2 rings (SSSR count). The van der Waals surface area contributed by atoms with Crippen molar-refractivity contribution < 1.29 is 33.5 Å². The Kier molecular flexibility index (Phi) is 5.62. The van der Waals surface area contributed by atoms with Crippen LogP contribution >= 0.6 is 0 Å². The van der Waals surface area contributed by atoms with E-state index in [4.69, 9.17) is 9.84 Å². The summed E-state index contributed by atoms with van der Waals surface area (Å²) in [6, 6.07) is 0. The summed E-state index contributed by atoms with van der Waals surface area (Å²) >= 11 is 0. The van der Waals surface area contributed by atoms with E-state index < -0.39 is 5.97 Å². The Morgan fingerprint density at radius 2 is 2.06 bits per heavy atom. The van der Waals surface area contributed by atoms with Crippen LogP contribution in [0.5, 0.6) is 0 Å². The van der Waals surface area contributed by atoms with Gasteiger partial charge < -0.3 is 9.84 Å². The minimum Gasteiger partial charge on any atom is -0.476 e. The third-order valence-electron chi connectivity index (χ3n) is 2.76.